The van der Waals surface area contributed by atoms with Crippen LogP contribution >= 0.6 is 22.6 Å². The molecule has 0 fully saturated rings. The van der Waals surface area contributed by atoms with E-state index in [0.717, 1.165) is 0 Å². The van der Waals surface area contributed by atoms with Gasteiger partial charge in [-0.1, -0.05) is 0 Å². The predicted molar refractivity (Wildman–Crippen MR) is 80.0 cm³/mol. The zero-order valence-electron chi connectivity index (χ0n) is 10.2. The van der Waals surface area contributed by atoms with E-state index < -0.39 is 16.0 Å². The van der Waals surface area contributed by atoms with E-state index in [1.165, 1.54) is 12.1 Å². The highest BCUT2D eigenvalue weighted by atomic mass is 127. The van der Waals surface area contributed by atoms with Gasteiger partial charge < -0.3 is 9.84 Å². The second-order valence-corrected chi connectivity index (χ2v) is 6.70. The number of hydrogen-bond donors (Lipinski definition) is 2. The molecule has 0 atom stereocenters. The molecule has 1 aromatic carbocycles. The van der Waals surface area contributed by atoms with Gasteiger partial charge in [0.25, 0.3) is 0 Å². The van der Waals surface area contributed by atoms with Crippen molar-refractivity contribution in [2.24, 2.45) is 0 Å². The number of anilines is 1. The molecule has 0 spiro atoms. The summed E-state index contributed by atoms with van der Waals surface area (Å²) in [5.41, 5.74) is -0.0173. The molecule has 0 saturated heterocycles. The topological polar surface area (TPSA) is 92.7 Å². The predicted octanol–water partition coefficient (Wildman–Crippen LogP) is 1.77. The van der Waals surface area contributed by atoms with Crippen molar-refractivity contribution in [3.8, 4) is 0 Å². The second-order valence-electron chi connectivity index (χ2n) is 3.61. The normalized spacial score (nSPS) is 11.3. The zero-order chi connectivity index (χ0) is 14.5. The summed E-state index contributed by atoms with van der Waals surface area (Å²) in [5, 5.41) is 9.04. The number of carbonyl (C=O) groups is 1. The van der Waals surface area contributed by atoms with Gasteiger partial charge in [-0.15, -0.1) is 0 Å². The van der Waals surface area contributed by atoms with Crippen LogP contribution in [0.3, 0.4) is 0 Å². The lowest BCUT2D eigenvalue weighted by Gasteiger charge is -2.10. The fraction of sp³-hybridized carbons (Fsp3) is 0.364. The third-order valence-corrected chi connectivity index (χ3v) is 4.08. The van der Waals surface area contributed by atoms with Crippen LogP contribution < -0.4 is 4.72 Å². The molecule has 2 N–H and O–H groups in total. The van der Waals surface area contributed by atoms with E-state index in [4.69, 9.17) is 9.84 Å². The molecule has 0 saturated carbocycles. The molecule has 6 nitrogen and oxygen atoms in total. The van der Waals surface area contributed by atoms with Crippen LogP contribution in [-0.4, -0.2) is 38.5 Å². The minimum absolute atomic E-state index is 0.0596. The smallest absolute Gasteiger partial charge is 0.337 e. The van der Waals surface area contributed by atoms with Crippen LogP contribution in [0.25, 0.3) is 0 Å². The van der Waals surface area contributed by atoms with Gasteiger partial charge in [0.2, 0.25) is 10.0 Å². The van der Waals surface area contributed by atoms with Gasteiger partial charge in [0.1, 0.15) is 0 Å². The molecule has 19 heavy (non-hydrogen) atoms. The molecule has 0 amide bonds. The lowest BCUT2D eigenvalue weighted by molar-refractivity contribution is 0.0698. The third kappa shape index (κ3) is 5.33. The molecule has 8 heteroatoms. The number of hydrogen-bond acceptors (Lipinski definition) is 4. The van der Waals surface area contributed by atoms with Gasteiger partial charge in [0, 0.05) is 10.2 Å². The molecule has 0 bridgehead atoms. The summed E-state index contributed by atoms with van der Waals surface area (Å²) >= 11 is 1.96. The van der Waals surface area contributed by atoms with Gasteiger partial charge in [-0.05, 0) is 47.7 Å². The lowest BCUT2D eigenvalue weighted by Crippen LogP contribution is -2.21. The van der Waals surface area contributed by atoms with E-state index >= 15 is 0 Å². The maximum Gasteiger partial charge on any atom is 0.337 e. The quantitative estimate of drug-likeness (QED) is 0.539. The summed E-state index contributed by atoms with van der Waals surface area (Å²) in [5.74, 6) is -1.40. The van der Waals surface area contributed by atoms with Crippen LogP contribution in [-0.2, 0) is 14.8 Å². The van der Waals surface area contributed by atoms with Crippen molar-refractivity contribution in [3.05, 3.63) is 27.3 Å². The highest BCUT2D eigenvalue weighted by Gasteiger charge is 2.16. The van der Waals surface area contributed by atoms with Gasteiger partial charge in [-0.25, -0.2) is 13.2 Å². The summed E-state index contributed by atoms with van der Waals surface area (Å²) in [6.45, 7) is 2.26. The largest absolute Gasteiger partial charge is 0.478 e. The number of carboxylic acids is 1. The number of nitrogens with one attached hydrogen (secondary N) is 1. The molecule has 0 heterocycles. The highest BCUT2D eigenvalue weighted by Crippen LogP contribution is 2.20. The van der Waals surface area contributed by atoms with Crippen molar-refractivity contribution in [3.63, 3.8) is 0 Å². The van der Waals surface area contributed by atoms with E-state index in [9.17, 15) is 13.2 Å². The second kappa shape index (κ2) is 7.06. The van der Waals surface area contributed by atoms with Gasteiger partial charge in [0.05, 0.1) is 23.6 Å². The molecule has 0 aliphatic carbocycles. The Labute approximate surface area is 125 Å². The minimum Gasteiger partial charge on any atom is -0.478 e. The lowest BCUT2D eigenvalue weighted by atomic mass is 10.2. The van der Waals surface area contributed by atoms with Crippen LogP contribution in [0.4, 0.5) is 5.69 Å². The van der Waals surface area contributed by atoms with E-state index in [-0.39, 0.29) is 23.6 Å². The highest BCUT2D eigenvalue weighted by molar-refractivity contribution is 14.1. The van der Waals surface area contributed by atoms with Gasteiger partial charge in [-0.3, -0.25) is 4.72 Å². The average Bonchev–Trinajstić information content (AvgIpc) is 2.31. The van der Waals surface area contributed by atoms with Crippen molar-refractivity contribution < 1.29 is 23.1 Å². The molecular weight excluding hydrogens is 385 g/mol. The van der Waals surface area contributed by atoms with E-state index in [1.54, 1.807) is 13.0 Å². The van der Waals surface area contributed by atoms with Gasteiger partial charge >= 0.3 is 5.97 Å². The maximum atomic E-state index is 11.7. The Morgan fingerprint density at radius 2 is 2.16 bits per heavy atom. The fourth-order valence-electron chi connectivity index (χ4n) is 1.31. The monoisotopic (exact) mass is 399 g/mol. The van der Waals surface area contributed by atoms with Crippen molar-refractivity contribution in [1.82, 2.24) is 0 Å². The molecule has 0 unspecified atom stereocenters. The van der Waals surface area contributed by atoms with Crippen molar-refractivity contribution in [2.75, 3.05) is 23.7 Å². The Bertz CT molecular complexity index is 558. The molecule has 1 rings (SSSR count). The third-order valence-electron chi connectivity index (χ3n) is 2.18. The Morgan fingerprint density at radius 3 is 2.74 bits per heavy atom. The van der Waals surface area contributed by atoms with E-state index in [1.807, 2.05) is 22.6 Å². The van der Waals surface area contributed by atoms with Crippen LogP contribution in [0.5, 0.6) is 0 Å². The Balaban J connectivity index is 2.90. The van der Waals surface area contributed by atoms with Crippen molar-refractivity contribution in [2.45, 2.75) is 6.92 Å². The number of rotatable bonds is 7. The van der Waals surface area contributed by atoms with Crippen LogP contribution in [0.15, 0.2) is 18.2 Å². The molecule has 0 aromatic heterocycles. The summed E-state index contributed by atoms with van der Waals surface area (Å²) < 4.78 is 31.4. The number of sulfonamides is 1. The Kier molecular flexibility index (Phi) is 6.01. The standard InChI is InChI=1S/C11H14INO5S/c1-2-18-5-6-19(16,17)13-10-4-3-8(12)7-9(10)11(14)15/h3-4,7,13H,2,5-6H2,1H3,(H,14,15). The number of ether oxygens (including phenoxy) is 1. The molecule has 1 aromatic rings. The molecule has 0 aliphatic heterocycles. The minimum atomic E-state index is -3.62. The SMILES string of the molecule is CCOCCS(=O)(=O)Nc1ccc(I)cc1C(=O)O. The van der Waals surface area contributed by atoms with Crippen LogP contribution in [0, 0.1) is 3.57 Å². The van der Waals surface area contributed by atoms with Crippen LogP contribution in [0.2, 0.25) is 0 Å². The summed E-state index contributed by atoms with van der Waals surface area (Å²) in [6.07, 6.45) is 0. The molecule has 106 valence electrons. The maximum absolute atomic E-state index is 11.7. The molecule has 0 aliphatic rings. The Morgan fingerprint density at radius 1 is 1.47 bits per heavy atom. The Hall–Kier alpha value is -0.870. The fourth-order valence-corrected chi connectivity index (χ4v) is 2.76. The summed E-state index contributed by atoms with van der Waals surface area (Å²) in [7, 11) is -3.62. The van der Waals surface area contributed by atoms with E-state index in [2.05, 4.69) is 4.72 Å². The first kappa shape index (κ1) is 16.2. The first-order valence-corrected chi connectivity index (χ1v) is 8.20. The molecular formula is C11H14INO5S. The first-order chi connectivity index (χ1) is 8.85. The number of aromatic carboxylic acids is 1. The first-order valence-electron chi connectivity index (χ1n) is 5.47. The number of halogens is 1. The summed E-state index contributed by atoms with van der Waals surface area (Å²) in [6, 6.07) is 4.47. The van der Waals surface area contributed by atoms with Gasteiger partial charge in [0.15, 0.2) is 0 Å². The number of benzene rings is 1. The van der Waals surface area contributed by atoms with Crippen LogP contribution in [0.1, 0.15) is 17.3 Å². The van der Waals surface area contributed by atoms with Gasteiger partial charge in [-0.2, -0.15) is 0 Å². The van der Waals surface area contributed by atoms with E-state index in [0.29, 0.717) is 10.2 Å². The van der Waals surface area contributed by atoms with Crippen molar-refractivity contribution >= 4 is 44.3 Å². The zero-order valence-corrected chi connectivity index (χ0v) is 13.2. The molecule has 0 radical (unpaired) electrons. The number of carboxylic acid groups (broad SMARTS) is 1. The summed E-state index contributed by atoms with van der Waals surface area (Å²) in [4.78, 5) is 11.1. The van der Waals surface area contributed by atoms with Crippen molar-refractivity contribution in [1.29, 1.82) is 0 Å². The average molecular weight is 399 g/mol.